The summed E-state index contributed by atoms with van der Waals surface area (Å²) in [7, 11) is -2.23. The van der Waals surface area contributed by atoms with E-state index in [0.717, 1.165) is 25.9 Å². The second-order valence-corrected chi connectivity index (χ2v) is 8.18. The lowest BCUT2D eigenvalue weighted by Crippen LogP contribution is -2.33. The molecule has 1 aromatic carbocycles. The highest BCUT2D eigenvalue weighted by molar-refractivity contribution is 7.89. The second-order valence-electron chi connectivity index (χ2n) is 6.24. The van der Waals surface area contributed by atoms with Gasteiger partial charge in [-0.1, -0.05) is 0 Å². The molecule has 2 aliphatic rings. The molecule has 1 amide bonds. The Morgan fingerprint density at radius 2 is 2.17 bits per heavy atom. The zero-order valence-electron chi connectivity index (χ0n) is 13.0. The van der Waals surface area contributed by atoms with Crippen molar-refractivity contribution in [3.63, 3.8) is 0 Å². The fraction of sp³-hybridized carbons (Fsp3) is 0.533. The molecule has 2 fully saturated rings. The van der Waals surface area contributed by atoms with Crippen molar-refractivity contribution in [1.29, 1.82) is 0 Å². The molecular weight excluding hydrogens is 318 g/mol. The van der Waals surface area contributed by atoms with Gasteiger partial charge in [0.05, 0.1) is 17.6 Å². The average molecular weight is 339 g/mol. The summed E-state index contributed by atoms with van der Waals surface area (Å²) >= 11 is 0. The van der Waals surface area contributed by atoms with Gasteiger partial charge in [-0.2, -0.15) is 4.31 Å². The van der Waals surface area contributed by atoms with Crippen molar-refractivity contribution in [2.45, 2.75) is 17.7 Å². The van der Waals surface area contributed by atoms with Gasteiger partial charge in [-0.05, 0) is 43.0 Å². The maximum atomic E-state index is 12.9. The quantitative estimate of drug-likeness (QED) is 0.814. The van der Waals surface area contributed by atoms with Crippen molar-refractivity contribution in [3.05, 3.63) is 23.8 Å². The number of hydrogen-bond donors (Lipinski definition) is 2. The van der Waals surface area contributed by atoms with Crippen molar-refractivity contribution in [1.82, 2.24) is 9.62 Å². The van der Waals surface area contributed by atoms with Crippen LogP contribution in [0.5, 0.6) is 5.75 Å². The van der Waals surface area contributed by atoms with Crippen LogP contribution in [0.1, 0.15) is 23.2 Å². The van der Waals surface area contributed by atoms with Gasteiger partial charge in [0.1, 0.15) is 5.75 Å². The number of nitrogens with one attached hydrogen (secondary N) is 1. The maximum Gasteiger partial charge on any atom is 0.252 e. The maximum absolute atomic E-state index is 12.9. The molecule has 0 radical (unpaired) electrons. The minimum Gasteiger partial charge on any atom is -0.496 e. The van der Waals surface area contributed by atoms with Gasteiger partial charge in [0.25, 0.3) is 5.91 Å². The predicted octanol–water partition coefficient (Wildman–Crippen LogP) is 0.168. The molecule has 0 saturated carbocycles. The summed E-state index contributed by atoms with van der Waals surface area (Å²) in [6.07, 6.45) is 1.85. The number of hydrogen-bond acceptors (Lipinski definition) is 5. The molecule has 0 bridgehead atoms. The summed E-state index contributed by atoms with van der Waals surface area (Å²) in [5.41, 5.74) is 5.44. The normalized spacial score (nSPS) is 25.1. The van der Waals surface area contributed by atoms with Crippen molar-refractivity contribution in [2.75, 3.05) is 33.3 Å². The Kier molecular flexibility index (Phi) is 4.07. The Morgan fingerprint density at radius 1 is 1.39 bits per heavy atom. The largest absolute Gasteiger partial charge is 0.496 e. The van der Waals surface area contributed by atoms with Crippen molar-refractivity contribution >= 4 is 15.9 Å². The number of rotatable bonds is 4. The van der Waals surface area contributed by atoms with Crippen LogP contribution in [0.2, 0.25) is 0 Å². The number of methoxy groups -OCH3 is 1. The van der Waals surface area contributed by atoms with Crippen LogP contribution >= 0.6 is 0 Å². The highest BCUT2D eigenvalue weighted by Crippen LogP contribution is 2.38. The molecule has 3 rings (SSSR count). The summed E-state index contributed by atoms with van der Waals surface area (Å²) in [6, 6.07) is 4.23. The van der Waals surface area contributed by atoms with Crippen LogP contribution in [0.3, 0.4) is 0 Å². The first-order chi connectivity index (χ1) is 10.9. The third-order valence-electron chi connectivity index (χ3n) is 4.81. The topological polar surface area (TPSA) is 102 Å². The van der Waals surface area contributed by atoms with E-state index in [4.69, 9.17) is 10.5 Å². The summed E-state index contributed by atoms with van der Waals surface area (Å²) in [5, 5.41) is 3.31. The number of ether oxygens (including phenoxy) is 1. The molecule has 0 aliphatic carbocycles. The molecule has 1 aromatic rings. The van der Waals surface area contributed by atoms with E-state index in [1.165, 1.54) is 29.6 Å². The number of benzene rings is 1. The zero-order chi connectivity index (χ0) is 16.7. The monoisotopic (exact) mass is 339 g/mol. The molecule has 1 atom stereocenters. The molecule has 2 saturated heterocycles. The van der Waals surface area contributed by atoms with E-state index in [9.17, 15) is 13.2 Å². The lowest BCUT2D eigenvalue weighted by Gasteiger charge is -2.22. The number of carbonyl (C=O) groups excluding carboxylic acids is 1. The minimum atomic E-state index is -3.64. The molecule has 3 N–H and O–H groups in total. The standard InChI is InChI=1S/C15H21N3O4S/c1-22-13-3-2-11(8-12(13)14(16)19)23(20,21)18-7-5-15(10-18)4-6-17-9-15/h2-3,8,17H,4-7,9-10H2,1H3,(H2,16,19). The number of primary amides is 1. The SMILES string of the molecule is COc1ccc(S(=O)(=O)N2CCC3(CCNC3)C2)cc1C(N)=O. The Balaban J connectivity index is 1.91. The van der Waals surface area contributed by atoms with Gasteiger partial charge in [-0.15, -0.1) is 0 Å². The molecule has 2 heterocycles. The van der Waals surface area contributed by atoms with Gasteiger partial charge in [0.2, 0.25) is 10.0 Å². The van der Waals surface area contributed by atoms with Crippen molar-refractivity contribution < 1.29 is 17.9 Å². The van der Waals surface area contributed by atoms with Crippen LogP contribution < -0.4 is 15.8 Å². The fourth-order valence-corrected chi connectivity index (χ4v) is 5.01. The molecule has 126 valence electrons. The first-order valence-electron chi connectivity index (χ1n) is 7.57. The smallest absolute Gasteiger partial charge is 0.252 e. The van der Waals surface area contributed by atoms with Crippen LogP contribution in [0, 0.1) is 5.41 Å². The lowest BCUT2D eigenvalue weighted by atomic mass is 9.87. The Hall–Kier alpha value is -1.64. The van der Waals surface area contributed by atoms with Gasteiger partial charge < -0.3 is 15.8 Å². The second kappa shape index (κ2) is 5.77. The van der Waals surface area contributed by atoms with Crippen LogP contribution in [0.4, 0.5) is 0 Å². The number of amides is 1. The van der Waals surface area contributed by atoms with Gasteiger partial charge >= 0.3 is 0 Å². The number of nitrogens with zero attached hydrogens (tertiary/aromatic N) is 1. The Labute approximate surface area is 135 Å². The molecular formula is C15H21N3O4S. The summed E-state index contributed by atoms with van der Waals surface area (Å²) in [4.78, 5) is 11.6. The van der Waals surface area contributed by atoms with E-state index in [0.29, 0.717) is 13.1 Å². The first kappa shape index (κ1) is 16.2. The van der Waals surface area contributed by atoms with Gasteiger partial charge in [0.15, 0.2) is 0 Å². The van der Waals surface area contributed by atoms with Gasteiger partial charge in [0, 0.05) is 19.6 Å². The summed E-state index contributed by atoms with van der Waals surface area (Å²) < 4.78 is 32.3. The summed E-state index contributed by atoms with van der Waals surface area (Å²) in [5.74, 6) is -0.439. The van der Waals surface area contributed by atoms with Gasteiger partial charge in [-0.3, -0.25) is 4.79 Å². The van der Waals surface area contributed by atoms with E-state index in [1.807, 2.05) is 0 Å². The Bertz CT molecular complexity index is 726. The molecule has 8 heteroatoms. The van der Waals surface area contributed by atoms with Crippen LogP contribution in [0.25, 0.3) is 0 Å². The van der Waals surface area contributed by atoms with Crippen LogP contribution in [-0.2, 0) is 10.0 Å². The predicted molar refractivity (Wildman–Crippen MR) is 84.8 cm³/mol. The van der Waals surface area contributed by atoms with E-state index in [-0.39, 0.29) is 21.6 Å². The average Bonchev–Trinajstić information content (AvgIpc) is 3.17. The van der Waals surface area contributed by atoms with Gasteiger partial charge in [-0.25, -0.2) is 8.42 Å². The molecule has 1 unspecified atom stereocenters. The first-order valence-corrected chi connectivity index (χ1v) is 9.01. The highest BCUT2D eigenvalue weighted by atomic mass is 32.2. The molecule has 1 spiro atoms. The lowest BCUT2D eigenvalue weighted by molar-refractivity contribution is 0.0997. The van der Waals surface area contributed by atoms with E-state index < -0.39 is 15.9 Å². The van der Waals surface area contributed by atoms with E-state index >= 15 is 0 Å². The third kappa shape index (κ3) is 2.82. The van der Waals surface area contributed by atoms with E-state index in [1.54, 1.807) is 0 Å². The van der Waals surface area contributed by atoms with E-state index in [2.05, 4.69) is 5.32 Å². The van der Waals surface area contributed by atoms with Crippen molar-refractivity contribution in [3.8, 4) is 5.75 Å². The zero-order valence-corrected chi connectivity index (χ0v) is 13.9. The highest BCUT2D eigenvalue weighted by Gasteiger charge is 2.44. The third-order valence-corrected chi connectivity index (χ3v) is 6.65. The number of carbonyl (C=O) groups is 1. The number of nitrogens with two attached hydrogens (primary N) is 1. The molecule has 23 heavy (non-hydrogen) atoms. The minimum absolute atomic E-state index is 0.0477. The molecule has 2 aliphatic heterocycles. The fourth-order valence-electron chi connectivity index (χ4n) is 3.43. The Morgan fingerprint density at radius 3 is 2.78 bits per heavy atom. The summed E-state index contributed by atoms with van der Waals surface area (Å²) in [6.45, 7) is 2.80. The molecule has 7 nitrogen and oxygen atoms in total. The number of sulfonamides is 1. The van der Waals surface area contributed by atoms with Crippen LogP contribution in [0.15, 0.2) is 23.1 Å². The van der Waals surface area contributed by atoms with Crippen molar-refractivity contribution in [2.24, 2.45) is 11.1 Å². The molecule has 0 aromatic heterocycles. The van der Waals surface area contributed by atoms with Crippen LogP contribution in [-0.4, -0.2) is 51.9 Å².